The molecule has 0 amide bonds. The van der Waals surface area contributed by atoms with E-state index in [4.69, 9.17) is 9.47 Å². The molecular formula is C12H13IO3. The molecule has 0 heterocycles. The minimum absolute atomic E-state index is 0.0463. The first-order valence-corrected chi connectivity index (χ1v) is 6.16. The molecule has 3 nitrogen and oxygen atoms in total. The third kappa shape index (κ3) is 4.65. The lowest BCUT2D eigenvalue weighted by Crippen LogP contribution is -2.14. The van der Waals surface area contributed by atoms with Gasteiger partial charge in [0.05, 0.1) is 6.61 Å². The number of carbonyl (C=O) groups is 1. The second-order valence-electron chi connectivity index (χ2n) is 2.96. The Labute approximate surface area is 109 Å². The highest BCUT2D eigenvalue weighted by Gasteiger charge is 2.02. The van der Waals surface area contributed by atoms with E-state index in [0.29, 0.717) is 12.4 Å². The first kappa shape index (κ1) is 13.0. The van der Waals surface area contributed by atoms with Crippen molar-refractivity contribution in [2.45, 2.75) is 6.92 Å². The molecule has 0 aromatic heterocycles. The predicted octanol–water partition coefficient (Wildman–Crippen LogP) is 3.03. The van der Waals surface area contributed by atoms with Gasteiger partial charge in [-0.1, -0.05) is 34.7 Å². The number of benzene rings is 1. The van der Waals surface area contributed by atoms with Gasteiger partial charge in [-0.05, 0) is 34.8 Å². The van der Waals surface area contributed by atoms with Crippen molar-refractivity contribution in [2.24, 2.45) is 0 Å². The van der Waals surface area contributed by atoms with Crippen molar-refractivity contribution >= 4 is 34.6 Å². The smallest absolute Gasteiger partial charge is 0.344 e. The maximum absolute atomic E-state index is 11.0. The molecule has 0 saturated carbocycles. The standard InChI is InChI=1S/C12H13IO3/c1-2-15-12(14)9-16-11-5-3-10(4-6-11)7-8-13/h3-8H,2,9H2,1H3/b8-7+. The molecule has 0 bridgehead atoms. The van der Waals surface area contributed by atoms with Crippen molar-refractivity contribution < 1.29 is 14.3 Å². The lowest BCUT2D eigenvalue weighted by Gasteiger charge is -2.05. The Morgan fingerprint density at radius 2 is 2.06 bits per heavy atom. The Bertz CT molecular complexity index is 357. The molecule has 4 heteroatoms. The molecule has 1 rings (SSSR count). The van der Waals surface area contributed by atoms with E-state index in [0.717, 1.165) is 5.56 Å². The summed E-state index contributed by atoms with van der Waals surface area (Å²) in [6.07, 6.45) is 1.98. The molecule has 0 unspecified atom stereocenters. The second kappa shape index (κ2) is 7.27. The number of carbonyl (C=O) groups excluding carboxylic acids is 1. The van der Waals surface area contributed by atoms with Crippen LogP contribution in [0.3, 0.4) is 0 Å². The highest BCUT2D eigenvalue weighted by Crippen LogP contribution is 2.13. The van der Waals surface area contributed by atoms with Gasteiger partial charge in [0.25, 0.3) is 0 Å². The molecule has 1 aromatic rings. The molecule has 0 spiro atoms. The average molecular weight is 332 g/mol. The third-order valence-corrected chi connectivity index (χ3v) is 2.16. The fourth-order valence-electron chi connectivity index (χ4n) is 1.09. The van der Waals surface area contributed by atoms with Gasteiger partial charge in [0, 0.05) is 0 Å². The van der Waals surface area contributed by atoms with E-state index in [-0.39, 0.29) is 12.6 Å². The van der Waals surface area contributed by atoms with Crippen LogP contribution in [0.25, 0.3) is 6.08 Å². The lowest BCUT2D eigenvalue weighted by atomic mass is 10.2. The number of halogens is 1. The molecular weight excluding hydrogens is 319 g/mol. The maximum atomic E-state index is 11.0. The van der Waals surface area contributed by atoms with Crippen LogP contribution >= 0.6 is 22.6 Å². The van der Waals surface area contributed by atoms with Gasteiger partial charge in [-0.3, -0.25) is 0 Å². The summed E-state index contributed by atoms with van der Waals surface area (Å²) in [7, 11) is 0. The van der Waals surface area contributed by atoms with E-state index in [1.54, 1.807) is 6.92 Å². The molecule has 0 saturated heterocycles. The molecule has 0 aliphatic carbocycles. The van der Waals surface area contributed by atoms with Crippen molar-refractivity contribution in [1.29, 1.82) is 0 Å². The van der Waals surface area contributed by atoms with Crippen LogP contribution < -0.4 is 4.74 Å². The van der Waals surface area contributed by atoms with Gasteiger partial charge >= 0.3 is 5.97 Å². The van der Waals surface area contributed by atoms with Crippen molar-refractivity contribution in [3.63, 3.8) is 0 Å². The fraction of sp³-hybridized carbons (Fsp3) is 0.250. The summed E-state index contributed by atoms with van der Waals surface area (Å²) in [5.41, 5.74) is 1.10. The van der Waals surface area contributed by atoms with Gasteiger partial charge in [0.15, 0.2) is 6.61 Å². The monoisotopic (exact) mass is 332 g/mol. The third-order valence-electron chi connectivity index (χ3n) is 1.80. The van der Waals surface area contributed by atoms with Crippen molar-refractivity contribution in [3.8, 4) is 5.75 Å². The Morgan fingerprint density at radius 1 is 1.38 bits per heavy atom. The van der Waals surface area contributed by atoms with Gasteiger partial charge in [-0.2, -0.15) is 0 Å². The van der Waals surface area contributed by atoms with Gasteiger partial charge in [-0.15, -0.1) is 0 Å². The normalized spacial score (nSPS) is 10.4. The zero-order chi connectivity index (χ0) is 11.8. The number of ether oxygens (including phenoxy) is 2. The second-order valence-corrected chi connectivity index (χ2v) is 3.67. The number of esters is 1. The van der Waals surface area contributed by atoms with Crippen LogP contribution in [0.1, 0.15) is 12.5 Å². The van der Waals surface area contributed by atoms with E-state index < -0.39 is 0 Å². The molecule has 16 heavy (non-hydrogen) atoms. The SMILES string of the molecule is CCOC(=O)COc1ccc(/C=C/I)cc1. The first-order valence-electron chi connectivity index (χ1n) is 4.91. The number of hydrogen-bond donors (Lipinski definition) is 0. The van der Waals surface area contributed by atoms with Gasteiger partial charge < -0.3 is 9.47 Å². The predicted molar refractivity (Wildman–Crippen MR) is 71.6 cm³/mol. The van der Waals surface area contributed by atoms with E-state index in [9.17, 15) is 4.79 Å². The zero-order valence-corrected chi connectivity index (χ0v) is 11.1. The summed E-state index contributed by atoms with van der Waals surface area (Å²) in [6, 6.07) is 7.50. The molecule has 1 aromatic carbocycles. The van der Waals surface area contributed by atoms with Gasteiger partial charge in [0.2, 0.25) is 0 Å². The minimum atomic E-state index is -0.348. The summed E-state index contributed by atoms with van der Waals surface area (Å²) >= 11 is 2.16. The number of rotatable bonds is 5. The van der Waals surface area contributed by atoms with E-state index in [1.165, 1.54) is 0 Å². The van der Waals surface area contributed by atoms with Gasteiger partial charge in [0.1, 0.15) is 5.75 Å². The van der Waals surface area contributed by atoms with Crippen molar-refractivity contribution in [3.05, 3.63) is 33.9 Å². The zero-order valence-electron chi connectivity index (χ0n) is 8.98. The Morgan fingerprint density at radius 3 is 2.62 bits per heavy atom. The first-order chi connectivity index (χ1) is 7.76. The van der Waals surface area contributed by atoms with Crippen LogP contribution in [0, 0.1) is 0 Å². The van der Waals surface area contributed by atoms with E-state index in [2.05, 4.69) is 22.6 Å². The largest absolute Gasteiger partial charge is 0.482 e. The van der Waals surface area contributed by atoms with Crippen molar-refractivity contribution in [2.75, 3.05) is 13.2 Å². The molecule has 0 aliphatic heterocycles. The van der Waals surface area contributed by atoms with Crippen LogP contribution in [-0.2, 0) is 9.53 Å². The number of hydrogen-bond acceptors (Lipinski definition) is 3. The Kier molecular flexibility index (Phi) is 5.92. The van der Waals surface area contributed by atoms with E-state index >= 15 is 0 Å². The quantitative estimate of drug-likeness (QED) is 0.614. The van der Waals surface area contributed by atoms with Crippen LogP contribution in [0.4, 0.5) is 0 Å². The molecule has 0 aliphatic rings. The summed E-state index contributed by atoms with van der Waals surface area (Å²) in [5, 5.41) is 0. The fourth-order valence-corrected chi connectivity index (χ4v) is 1.51. The van der Waals surface area contributed by atoms with Crippen molar-refractivity contribution in [1.82, 2.24) is 0 Å². The van der Waals surface area contributed by atoms with Crippen LogP contribution in [0.5, 0.6) is 5.75 Å². The molecule has 0 N–H and O–H groups in total. The Hall–Kier alpha value is -1.04. The molecule has 0 fully saturated rings. The molecule has 0 atom stereocenters. The summed E-state index contributed by atoms with van der Waals surface area (Å²) in [4.78, 5) is 11.0. The van der Waals surface area contributed by atoms with Crippen LogP contribution in [-0.4, -0.2) is 19.2 Å². The summed E-state index contributed by atoms with van der Waals surface area (Å²) in [6.45, 7) is 2.10. The highest BCUT2D eigenvalue weighted by atomic mass is 127. The maximum Gasteiger partial charge on any atom is 0.344 e. The average Bonchev–Trinajstić information content (AvgIpc) is 2.29. The molecule has 86 valence electrons. The van der Waals surface area contributed by atoms with Crippen LogP contribution in [0.15, 0.2) is 28.3 Å². The molecule has 0 radical (unpaired) electrons. The van der Waals surface area contributed by atoms with E-state index in [1.807, 2.05) is 34.4 Å². The summed E-state index contributed by atoms with van der Waals surface area (Å²) < 4.78 is 11.9. The minimum Gasteiger partial charge on any atom is -0.482 e. The van der Waals surface area contributed by atoms with Crippen LogP contribution in [0.2, 0.25) is 0 Å². The lowest BCUT2D eigenvalue weighted by molar-refractivity contribution is -0.145. The summed E-state index contributed by atoms with van der Waals surface area (Å²) in [5.74, 6) is 0.317. The topological polar surface area (TPSA) is 35.5 Å². The Balaban J connectivity index is 2.46. The highest BCUT2D eigenvalue weighted by molar-refractivity contribution is 14.1. The van der Waals surface area contributed by atoms with Gasteiger partial charge in [-0.25, -0.2) is 4.79 Å².